The van der Waals surface area contributed by atoms with Gasteiger partial charge in [0.05, 0.1) is 0 Å². The van der Waals surface area contributed by atoms with Crippen molar-refractivity contribution in [1.29, 1.82) is 0 Å². The molecule has 1 aromatic rings. The number of halogens is 3. The summed E-state index contributed by atoms with van der Waals surface area (Å²) in [4.78, 5) is 0. The number of hydrogen-bond acceptors (Lipinski definition) is 0. The number of benzene rings is 1. The van der Waals surface area contributed by atoms with E-state index in [1.54, 1.807) is 12.1 Å². The van der Waals surface area contributed by atoms with Crippen LogP contribution in [0.2, 0.25) is 5.02 Å². The van der Waals surface area contributed by atoms with Gasteiger partial charge in [0.25, 0.3) is 0 Å². The third-order valence-corrected chi connectivity index (χ3v) is 4.78. The molecule has 0 spiro atoms. The van der Waals surface area contributed by atoms with Gasteiger partial charge >= 0.3 is 88.0 Å². The summed E-state index contributed by atoms with van der Waals surface area (Å²) in [7, 11) is 0. The standard InChI is InChI=1S/C6H4Cl3PSe/c7-5-1-3-6(4-2-5)10(8,9)11/h1-4H. The van der Waals surface area contributed by atoms with Crippen molar-refractivity contribution in [3.8, 4) is 0 Å². The summed E-state index contributed by atoms with van der Waals surface area (Å²) in [6.45, 7) is 0. The Balaban J connectivity index is 3.09. The van der Waals surface area contributed by atoms with Crippen LogP contribution in [0.1, 0.15) is 0 Å². The van der Waals surface area contributed by atoms with E-state index in [1.807, 2.05) is 12.1 Å². The Labute approximate surface area is 87.6 Å². The minimum atomic E-state index is -2.03. The van der Waals surface area contributed by atoms with Gasteiger partial charge in [-0.3, -0.25) is 0 Å². The molecule has 0 saturated carbocycles. The summed E-state index contributed by atoms with van der Waals surface area (Å²) in [6.07, 6.45) is 0. The molecule has 0 aliphatic carbocycles. The Morgan fingerprint density at radius 2 is 1.55 bits per heavy atom. The summed E-state index contributed by atoms with van der Waals surface area (Å²) in [5.41, 5.74) is 0. The molecule has 0 bridgehead atoms. The van der Waals surface area contributed by atoms with E-state index in [-0.39, 0.29) is 0 Å². The summed E-state index contributed by atoms with van der Waals surface area (Å²) in [6, 6.07) is 7.20. The fourth-order valence-electron chi connectivity index (χ4n) is 0.615. The molecular weight excluding hydrogens is 288 g/mol. The molecule has 5 heteroatoms. The van der Waals surface area contributed by atoms with Crippen LogP contribution in [0.3, 0.4) is 0 Å². The topological polar surface area (TPSA) is 0 Å². The van der Waals surface area contributed by atoms with Gasteiger partial charge in [-0.2, -0.15) is 0 Å². The van der Waals surface area contributed by atoms with Crippen LogP contribution in [-0.2, 0) is 0 Å². The predicted molar refractivity (Wildman–Crippen MR) is 55.5 cm³/mol. The number of hydrogen-bond donors (Lipinski definition) is 0. The van der Waals surface area contributed by atoms with Crippen LogP contribution in [0, 0.1) is 0 Å². The van der Waals surface area contributed by atoms with Gasteiger partial charge in [0.1, 0.15) is 0 Å². The van der Waals surface area contributed by atoms with Gasteiger partial charge in [0.15, 0.2) is 0 Å². The van der Waals surface area contributed by atoms with E-state index in [4.69, 9.17) is 34.1 Å². The first-order chi connectivity index (χ1) is 5.00. The second-order valence-electron chi connectivity index (χ2n) is 1.94. The van der Waals surface area contributed by atoms with Gasteiger partial charge in [-0.05, 0) is 0 Å². The fraction of sp³-hybridized carbons (Fsp3) is 0. The summed E-state index contributed by atoms with van der Waals surface area (Å²) < 4.78 is -2.03. The molecule has 11 heavy (non-hydrogen) atoms. The van der Waals surface area contributed by atoms with Crippen LogP contribution in [-0.4, -0.2) is 15.1 Å². The normalized spacial score (nSPS) is 11.5. The monoisotopic (exact) mass is 292 g/mol. The third-order valence-electron chi connectivity index (χ3n) is 1.13. The quantitative estimate of drug-likeness (QED) is 0.550. The second-order valence-corrected chi connectivity index (χ2v) is 13.6. The molecule has 60 valence electrons. The Hall–Kier alpha value is 1.04. The molecule has 0 saturated heterocycles. The van der Waals surface area contributed by atoms with Gasteiger partial charge in [0, 0.05) is 0 Å². The summed E-state index contributed by atoms with van der Waals surface area (Å²) in [5, 5.41) is 1.60. The molecule has 0 nitrogen and oxygen atoms in total. The molecule has 0 radical (unpaired) electrons. The van der Waals surface area contributed by atoms with E-state index in [2.05, 4.69) is 15.1 Å². The van der Waals surface area contributed by atoms with Crippen molar-refractivity contribution in [2.24, 2.45) is 0 Å². The van der Waals surface area contributed by atoms with Crippen molar-refractivity contribution in [2.45, 2.75) is 0 Å². The molecule has 0 heterocycles. The third kappa shape index (κ3) is 3.11. The average molecular weight is 292 g/mol. The number of rotatable bonds is 1. The molecule has 0 atom stereocenters. The zero-order valence-electron chi connectivity index (χ0n) is 5.30. The SMILES string of the molecule is Clc1ccc(P(Cl)(Cl)=[Se])cc1. The average Bonchev–Trinajstić information content (AvgIpc) is 1.86. The Morgan fingerprint density at radius 3 is 1.91 bits per heavy atom. The van der Waals surface area contributed by atoms with E-state index in [1.165, 1.54) is 0 Å². The zero-order chi connectivity index (χ0) is 8.48. The Kier molecular flexibility index (Phi) is 3.53. The van der Waals surface area contributed by atoms with E-state index in [9.17, 15) is 0 Å². The van der Waals surface area contributed by atoms with E-state index >= 15 is 0 Å². The molecule has 0 aromatic heterocycles. The fourth-order valence-corrected chi connectivity index (χ4v) is 2.68. The van der Waals surface area contributed by atoms with Gasteiger partial charge in [0.2, 0.25) is 0 Å². The first kappa shape index (κ1) is 10.1. The van der Waals surface area contributed by atoms with Crippen LogP contribution in [0.4, 0.5) is 0 Å². The van der Waals surface area contributed by atoms with Gasteiger partial charge in [-0.25, -0.2) is 0 Å². The van der Waals surface area contributed by atoms with E-state index in [0.29, 0.717) is 5.02 Å². The molecule has 0 N–H and O–H groups in total. The molecule has 0 aliphatic heterocycles. The van der Waals surface area contributed by atoms with Crippen molar-refractivity contribution in [2.75, 3.05) is 0 Å². The van der Waals surface area contributed by atoms with Crippen molar-refractivity contribution in [3.05, 3.63) is 29.3 Å². The van der Waals surface area contributed by atoms with Crippen LogP contribution in [0.25, 0.3) is 0 Å². The van der Waals surface area contributed by atoms with E-state index in [0.717, 1.165) is 5.30 Å². The molecule has 0 aliphatic rings. The van der Waals surface area contributed by atoms with Gasteiger partial charge < -0.3 is 0 Å². The van der Waals surface area contributed by atoms with Crippen LogP contribution in [0.15, 0.2) is 24.3 Å². The van der Waals surface area contributed by atoms with Crippen LogP contribution >= 0.6 is 38.3 Å². The zero-order valence-corrected chi connectivity index (χ0v) is 10.2. The first-order valence-electron chi connectivity index (χ1n) is 2.75. The molecular formula is C6H4Cl3PSe. The summed E-state index contributed by atoms with van der Waals surface area (Å²) in [5.74, 6) is 0. The van der Waals surface area contributed by atoms with Crippen molar-refractivity contribution in [3.63, 3.8) is 0 Å². The maximum absolute atomic E-state index is 5.89. The van der Waals surface area contributed by atoms with Gasteiger partial charge in [-0.15, -0.1) is 0 Å². The first-order valence-corrected chi connectivity index (χ1v) is 8.95. The van der Waals surface area contributed by atoms with Crippen LogP contribution < -0.4 is 5.30 Å². The van der Waals surface area contributed by atoms with Crippen molar-refractivity contribution in [1.82, 2.24) is 0 Å². The molecule has 1 rings (SSSR count). The van der Waals surface area contributed by atoms with Crippen LogP contribution in [0.5, 0.6) is 0 Å². The Bertz CT molecular complexity index is 289. The van der Waals surface area contributed by atoms with E-state index < -0.39 is 4.21 Å². The maximum atomic E-state index is 5.89. The molecule has 1 aromatic carbocycles. The van der Waals surface area contributed by atoms with Gasteiger partial charge in [-0.1, -0.05) is 0 Å². The molecule has 0 unspecified atom stereocenters. The molecule has 0 amide bonds. The minimum absolute atomic E-state index is 0.690. The molecule has 0 fully saturated rings. The second kappa shape index (κ2) is 3.83. The van der Waals surface area contributed by atoms with Crippen molar-refractivity contribution >= 4 is 58.7 Å². The Morgan fingerprint density at radius 1 is 1.09 bits per heavy atom. The predicted octanol–water partition coefficient (Wildman–Crippen LogP) is 3.37. The summed E-state index contributed by atoms with van der Waals surface area (Å²) >= 11 is 20.2. The van der Waals surface area contributed by atoms with Crippen molar-refractivity contribution < 1.29 is 0 Å².